The van der Waals surface area contributed by atoms with E-state index in [4.69, 9.17) is 4.74 Å². The smallest absolute Gasteiger partial charge is 0.226 e. The van der Waals surface area contributed by atoms with Crippen LogP contribution in [0.25, 0.3) is 0 Å². The number of nitrogens with one attached hydrogen (secondary N) is 1. The van der Waals surface area contributed by atoms with Crippen molar-refractivity contribution in [2.24, 2.45) is 5.92 Å². The summed E-state index contributed by atoms with van der Waals surface area (Å²) < 4.78 is 7.31. The van der Waals surface area contributed by atoms with E-state index >= 15 is 0 Å². The number of hydrogen-bond acceptors (Lipinski definition) is 4. The third kappa shape index (κ3) is 2.79. The fourth-order valence-electron chi connectivity index (χ4n) is 2.29. The van der Waals surface area contributed by atoms with Crippen LogP contribution in [0.5, 0.6) is 5.75 Å². The normalized spacial score (nSPS) is 17.1. The number of ether oxygens (including phenoxy) is 1. The highest BCUT2D eigenvalue weighted by Gasteiger charge is 2.25. The number of para-hydroxylation sites is 1. The van der Waals surface area contributed by atoms with Crippen LogP contribution in [0.2, 0.25) is 0 Å². The Morgan fingerprint density at radius 3 is 3.20 bits per heavy atom. The van der Waals surface area contributed by atoms with Gasteiger partial charge in [0.25, 0.3) is 0 Å². The van der Waals surface area contributed by atoms with Crippen molar-refractivity contribution in [2.75, 3.05) is 13.2 Å². The monoisotopic (exact) mass is 272 g/mol. The molecule has 1 aliphatic heterocycles. The highest BCUT2D eigenvalue weighted by atomic mass is 16.5. The second kappa shape index (κ2) is 5.73. The second-order valence-electron chi connectivity index (χ2n) is 4.78. The summed E-state index contributed by atoms with van der Waals surface area (Å²) in [6, 6.07) is 7.85. The molecule has 1 aliphatic rings. The van der Waals surface area contributed by atoms with E-state index in [0.29, 0.717) is 19.7 Å². The maximum Gasteiger partial charge on any atom is 0.226 e. The average molecular weight is 272 g/mol. The van der Waals surface area contributed by atoms with Gasteiger partial charge in [0, 0.05) is 12.7 Å². The maximum absolute atomic E-state index is 12.1. The molecule has 104 valence electrons. The van der Waals surface area contributed by atoms with Gasteiger partial charge in [-0.1, -0.05) is 23.4 Å². The lowest BCUT2D eigenvalue weighted by atomic mass is 9.96. The number of nitrogens with zero attached hydrogens (tertiary/aromatic N) is 3. The summed E-state index contributed by atoms with van der Waals surface area (Å²) in [6.45, 7) is 1.60. The van der Waals surface area contributed by atoms with E-state index < -0.39 is 0 Å². The molecule has 1 atom stereocenters. The Hall–Kier alpha value is -2.37. The minimum Gasteiger partial charge on any atom is -0.492 e. The van der Waals surface area contributed by atoms with Gasteiger partial charge in [-0.15, -0.1) is 5.10 Å². The van der Waals surface area contributed by atoms with Gasteiger partial charge in [0.05, 0.1) is 18.7 Å². The average Bonchev–Trinajstić information content (AvgIpc) is 3.00. The minimum atomic E-state index is -0.124. The summed E-state index contributed by atoms with van der Waals surface area (Å²) in [5.41, 5.74) is 1.09. The van der Waals surface area contributed by atoms with Crippen LogP contribution in [0, 0.1) is 5.92 Å². The summed E-state index contributed by atoms with van der Waals surface area (Å²) in [5.74, 6) is 0.791. The van der Waals surface area contributed by atoms with Crippen molar-refractivity contribution < 1.29 is 9.53 Å². The van der Waals surface area contributed by atoms with E-state index in [1.165, 1.54) is 0 Å². The number of fused-ring (bicyclic) bond motifs is 1. The molecular formula is C14H16N4O2. The minimum absolute atomic E-state index is 0.0274. The lowest BCUT2D eigenvalue weighted by molar-refractivity contribution is -0.126. The van der Waals surface area contributed by atoms with Gasteiger partial charge in [-0.05, 0) is 18.1 Å². The molecule has 0 fully saturated rings. The highest BCUT2D eigenvalue weighted by molar-refractivity contribution is 5.79. The van der Waals surface area contributed by atoms with E-state index in [1.807, 2.05) is 24.3 Å². The zero-order valence-corrected chi connectivity index (χ0v) is 11.0. The van der Waals surface area contributed by atoms with E-state index in [9.17, 15) is 4.79 Å². The first-order valence-corrected chi connectivity index (χ1v) is 6.65. The topological polar surface area (TPSA) is 69.0 Å². The molecule has 3 rings (SSSR count). The van der Waals surface area contributed by atoms with E-state index in [1.54, 1.807) is 17.1 Å². The van der Waals surface area contributed by atoms with Gasteiger partial charge in [0.2, 0.25) is 5.91 Å². The SMILES string of the molecule is O=C(NCCn1ccnn1)[C@H]1COc2ccccc2C1. The molecular weight excluding hydrogens is 256 g/mol. The molecule has 1 aromatic carbocycles. The predicted octanol–water partition coefficient (Wildman–Crippen LogP) is 0.646. The van der Waals surface area contributed by atoms with Gasteiger partial charge in [0.15, 0.2) is 0 Å². The van der Waals surface area contributed by atoms with Crippen LogP contribution in [0.3, 0.4) is 0 Å². The second-order valence-corrected chi connectivity index (χ2v) is 4.78. The Bertz CT molecular complexity index is 583. The molecule has 0 bridgehead atoms. The number of carbonyl (C=O) groups is 1. The zero-order chi connectivity index (χ0) is 13.8. The molecule has 0 radical (unpaired) electrons. The Morgan fingerprint density at radius 1 is 1.45 bits per heavy atom. The summed E-state index contributed by atoms with van der Waals surface area (Å²) in [4.78, 5) is 12.1. The first kappa shape index (κ1) is 12.7. The van der Waals surface area contributed by atoms with Crippen LogP contribution in [0.15, 0.2) is 36.7 Å². The Morgan fingerprint density at radius 2 is 2.35 bits per heavy atom. The fourth-order valence-corrected chi connectivity index (χ4v) is 2.29. The first-order valence-electron chi connectivity index (χ1n) is 6.65. The Balaban J connectivity index is 1.51. The summed E-state index contributed by atoms with van der Waals surface area (Å²) in [6.07, 6.45) is 4.12. The van der Waals surface area contributed by atoms with Crippen molar-refractivity contribution in [3.05, 3.63) is 42.2 Å². The molecule has 1 aromatic heterocycles. The quantitative estimate of drug-likeness (QED) is 0.887. The molecule has 6 heteroatoms. The predicted molar refractivity (Wildman–Crippen MR) is 72.2 cm³/mol. The van der Waals surface area contributed by atoms with Gasteiger partial charge in [-0.2, -0.15) is 0 Å². The van der Waals surface area contributed by atoms with Crippen molar-refractivity contribution >= 4 is 5.91 Å². The van der Waals surface area contributed by atoms with Crippen molar-refractivity contribution in [1.82, 2.24) is 20.3 Å². The third-order valence-electron chi connectivity index (χ3n) is 3.36. The molecule has 1 N–H and O–H groups in total. The fraction of sp³-hybridized carbons (Fsp3) is 0.357. The van der Waals surface area contributed by atoms with Crippen molar-refractivity contribution in [3.63, 3.8) is 0 Å². The van der Waals surface area contributed by atoms with Gasteiger partial charge in [-0.3, -0.25) is 9.48 Å². The van der Waals surface area contributed by atoms with E-state index in [0.717, 1.165) is 17.7 Å². The molecule has 2 aromatic rings. The van der Waals surface area contributed by atoms with Gasteiger partial charge in [0.1, 0.15) is 12.4 Å². The molecule has 0 saturated heterocycles. The zero-order valence-electron chi connectivity index (χ0n) is 11.0. The molecule has 6 nitrogen and oxygen atoms in total. The molecule has 0 saturated carbocycles. The number of rotatable bonds is 4. The van der Waals surface area contributed by atoms with E-state index in [-0.39, 0.29) is 11.8 Å². The molecule has 0 aliphatic carbocycles. The lowest BCUT2D eigenvalue weighted by Crippen LogP contribution is -2.38. The Kier molecular flexibility index (Phi) is 3.62. The van der Waals surface area contributed by atoms with Gasteiger partial charge < -0.3 is 10.1 Å². The van der Waals surface area contributed by atoms with Crippen molar-refractivity contribution in [1.29, 1.82) is 0 Å². The third-order valence-corrected chi connectivity index (χ3v) is 3.36. The standard InChI is InChI=1S/C14H16N4O2/c19-14(15-5-7-18-8-6-16-17-18)12-9-11-3-1-2-4-13(11)20-10-12/h1-4,6,8,12H,5,7,9-10H2,(H,15,19)/t12-/m1/s1. The van der Waals surface area contributed by atoms with Crippen LogP contribution in [-0.2, 0) is 17.8 Å². The number of amides is 1. The van der Waals surface area contributed by atoms with Crippen molar-refractivity contribution in [3.8, 4) is 5.75 Å². The summed E-state index contributed by atoms with van der Waals surface area (Å²) >= 11 is 0. The van der Waals surface area contributed by atoms with Gasteiger partial charge >= 0.3 is 0 Å². The number of benzene rings is 1. The molecule has 20 heavy (non-hydrogen) atoms. The van der Waals surface area contributed by atoms with Crippen LogP contribution in [0.1, 0.15) is 5.56 Å². The summed E-state index contributed by atoms with van der Waals surface area (Å²) in [7, 11) is 0. The van der Waals surface area contributed by atoms with Crippen LogP contribution >= 0.6 is 0 Å². The summed E-state index contributed by atoms with van der Waals surface area (Å²) in [5, 5.41) is 10.5. The molecule has 1 amide bonds. The first-order chi connectivity index (χ1) is 9.83. The molecule has 2 heterocycles. The maximum atomic E-state index is 12.1. The number of hydrogen-bond donors (Lipinski definition) is 1. The number of carbonyl (C=O) groups excluding carboxylic acids is 1. The van der Waals surface area contributed by atoms with Crippen LogP contribution in [0.4, 0.5) is 0 Å². The Labute approximate surface area is 116 Å². The van der Waals surface area contributed by atoms with Crippen LogP contribution < -0.4 is 10.1 Å². The van der Waals surface area contributed by atoms with Crippen molar-refractivity contribution in [2.45, 2.75) is 13.0 Å². The molecule has 0 unspecified atom stereocenters. The molecule has 0 spiro atoms. The van der Waals surface area contributed by atoms with Gasteiger partial charge in [-0.25, -0.2) is 0 Å². The largest absolute Gasteiger partial charge is 0.492 e. The van der Waals surface area contributed by atoms with E-state index in [2.05, 4.69) is 15.6 Å². The van der Waals surface area contributed by atoms with Crippen LogP contribution in [-0.4, -0.2) is 34.1 Å². The highest BCUT2D eigenvalue weighted by Crippen LogP contribution is 2.26. The number of aromatic nitrogens is 3. The lowest BCUT2D eigenvalue weighted by Gasteiger charge is -2.24.